The predicted octanol–water partition coefficient (Wildman–Crippen LogP) is 2.36. The first-order valence-corrected chi connectivity index (χ1v) is 9.06. The quantitative estimate of drug-likeness (QED) is 0.846. The Hall–Kier alpha value is -2.12. The first-order valence-electron chi connectivity index (χ1n) is 9.06. The summed E-state index contributed by atoms with van der Waals surface area (Å²) < 4.78 is 5.05. The fraction of sp³-hybridized carbons (Fsp3) is 0.765. The van der Waals surface area contributed by atoms with Crippen molar-refractivity contribution in [3.63, 3.8) is 0 Å². The SMILES string of the molecule is CCOC(=O)c1n[nH]nc1C1CCCN1C(=O)N1CCC(C)(C)CC1. The van der Waals surface area contributed by atoms with E-state index in [1.165, 1.54) is 0 Å². The number of amides is 2. The molecule has 1 aromatic rings. The van der Waals surface area contributed by atoms with Crippen molar-refractivity contribution in [1.29, 1.82) is 0 Å². The van der Waals surface area contributed by atoms with Gasteiger partial charge in [0.1, 0.15) is 5.69 Å². The third-order valence-electron chi connectivity index (χ3n) is 5.25. The maximum absolute atomic E-state index is 13.0. The van der Waals surface area contributed by atoms with Gasteiger partial charge in [-0.05, 0) is 38.0 Å². The molecule has 3 heterocycles. The van der Waals surface area contributed by atoms with E-state index in [2.05, 4.69) is 29.3 Å². The molecule has 8 heteroatoms. The van der Waals surface area contributed by atoms with Gasteiger partial charge in [-0.15, -0.1) is 5.10 Å². The molecule has 0 aromatic carbocycles. The highest BCUT2D eigenvalue weighted by Crippen LogP contribution is 2.35. The maximum Gasteiger partial charge on any atom is 0.360 e. The van der Waals surface area contributed by atoms with E-state index in [0.29, 0.717) is 17.7 Å². The Bertz CT molecular complexity index is 632. The number of esters is 1. The summed E-state index contributed by atoms with van der Waals surface area (Å²) in [5.41, 5.74) is 0.998. The maximum atomic E-state index is 13.0. The predicted molar refractivity (Wildman–Crippen MR) is 91.0 cm³/mol. The zero-order valence-electron chi connectivity index (χ0n) is 15.2. The van der Waals surface area contributed by atoms with Crippen molar-refractivity contribution in [1.82, 2.24) is 25.2 Å². The molecule has 0 bridgehead atoms. The van der Waals surface area contributed by atoms with Gasteiger partial charge in [0.15, 0.2) is 5.69 Å². The van der Waals surface area contributed by atoms with E-state index in [0.717, 1.165) is 38.8 Å². The molecule has 1 aromatic heterocycles. The van der Waals surface area contributed by atoms with Crippen molar-refractivity contribution in [2.24, 2.45) is 5.41 Å². The number of aromatic nitrogens is 3. The fourth-order valence-electron chi connectivity index (χ4n) is 3.59. The second-order valence-electron chi connectivity index (χ2n) is 7.56. The number of hydrogen-bond acceptors (Lipinski definition) is 5. The minimum atomic E-state index is -0.495. The molecular weight excluding hydrogens is 322 g/mol. The van der Waals surface area contributed by atoms with Crippen LogP contribution in [0.3, 0.4) is 0 Å². The van der Waals surface area contributed by atoms with Gasteiger partial charge >= 0.3 is 12.0 Å². The molecule has 0 saturated carbocycles. The number of carbonyl (C=O) groups excluding carboxylic acids is 2. The molecule has 0 spiro atoms. The highest BCUT2D eigenvalue weighted by atomic mass is 16.5. The summed E-state index contributed by atoms with van der Waals surface area (Å²) in [6, 6.07) is -0.184. The lowest BCUT2D eigenvalue weighted by atomic mass is 9.83. The van der Waals surface area contributed by atoms with Gasteiger partial charge in [-0.1, -0.05) is 13.8 Å². The van der Waals surface area contributed by atoms with Crippen LogP contribution in [-0.2, 0) is 4.74 Å². The topological polar surface area (TPSA) is 91.4 Å². The minimum absolute atomic E-state index is 0.0378. The number of nitrogens with one attached hydrogen (secondary N) is 1. The molecule has 2 aliphatic heterocycles. The molecule has 2 saturated heterocycles. The van der Waals surface area contributed by atoms with E-state index in [1.54, 1.807) is 6.92 Å². The van der Waals surface area contributed by atoms with E-state index < -0.39 is 5.97 Å². The van der Waals surface area contributed by atoms with Gasteiger partial charge in [-0.3, -0.25) is 0 Å². The molecular formula is C17H27N5O3. The van der Waals surface area contributed by atoms with Crippen LogP contribution in [0.2, 0.25) is 0 Å². The Morgan fingerprint density at radius 2 is 1.96 bits per heavy atom. The summed E-state index contributed by atoms with van der Waals surface area (Å²) in [4.78, 5) is 28.8. The zero-order valence-corrected chi connectivity index (χ0v) is 15.2. The molecule has 2 aliphatic rings. The van der Waals surface area contributed by atoms with Crippen LogP contribution in [0.4, 0.5) is 4.79 Å². The molecule has 138 valence electrons. The summed E-state index contributed by atoms with van der Waals surface area (Å²) in [7, 11) is 0. The molecule has 0 radical (unpaired) electrons. The Balaban J connectivity index is 1.74. The van der Waals surface area contributed by atoms with E-state index in [-0.39, 0.29) is 24.4 Å². The Morgan fingerprint density at radius 3 is 2.64 bits per heavy atom. The monoisotopic (exact) mass is 349 g/mol. The first-order chi connectivity index (χ1) is 11.9. The summed E-state index contributed by atoms with van der Waals surface area (Å²) in [6.45, 7) is 8.75. The number of H-pyrrole nitrogens is 1. The van der Waals surface area contributed by atoms with Gasteiger partial charge < -0.3 is 14.5 Å². The molecule has 3 rings (SSSR count). The zero-order chi connectivity index (χ0) is 18.0. The highest BCUT2D eigenvalue weighted by Gasteiger charge is 2.38. The number of aromatic amines is 1. The smallest absolute Gasteiger partial charge is 0.360 e. The van der Waals surface area contributed by atoms with E-state index in [9.17, 15) is 9.59 Å². The van der Waals surface area contributed by atoms with Crippen molar-refractivity contribution in [2.45, 2.75) is 52.5 Å². The van der Waals surface area contributed by atoms with Gasteiger partial charge in [0.2, 0.25) is 0 Å². The van der Waals surface area contributed by atoms with Crippen molar-refractivity contribution < 1.29 is 14.3 Å². The molecule has 2 fully saturated rings. The van der Waals surface area contributed by atoms with Crippen molar-refractivity contribution in [3.05, 3.63) is 11.4 Å². The number of rotatable bonds is 3. The molecule has 25 heavy (non-hydrogen) atoms. The molecule has 1 N–H and O–H groups in total. The Morgan fingerprint density at radius 1 is 1.24 bits per heavy atom. The second kappa shape index (κ2) is 7.01. The van der Waals surface area contributed by atoms with Gasteiger partial charge in [-0.2, -0.15) is 10.3 Å². The van der Waals surface area contributed by atoms with E-state index in [1.807, 2.05) is 9.80 Å². The van der Waals surface area contributed by atoms with Gasteiger partial charge in [-0.25, -0.2) is 9.59 Å². The lowest BCUT2D eigenvalue weighted by molar-refractivity contribution is 0.0514. The average Bonchev–Trinajstić information content (AvgIpc) is 3.23. The number of hydrogen-bond donors (Lipinski definition) is 1. The number of ether oxygens (including phenoxy) is 1. The van der Waals surface area contributed by atoms with Crippen LogP contribution in [0.25, 0.3) is 0 Å². The van der Waals surface area contributed by atoms with E-state index >= 15 is 0 Å². The lowest BCUT2D eigenvalue weighted by Gasteiger charge is -2.39. The second-order valence-corrected chi connectivity index (χ2v) is 7.56. The fourth-order valence-corrected chi connectivity index (χ4v) is 3.59. The number of nitrogens with zero attached hydrogens (tertiary/aromatic N) is 4. The summed E-state index contributed by atoms with van der Waals surface area (Å²) in [5, 5.41) is 10.6. The van der Waals surface area contributed by atoms with Crippen LogP contribution in [0.5, 0.6) is 0 Å². The van der Waals surface area contributed by atoms with Crippen LogP contribution in [0, 0.1) is 5.41 Å². The van der Waals surface area contributed by atoms with Crippen molar-refractivity contribution >= 4 is 12.0 Å². The minimum Gasteiger partial charge on any atom is -0.461 e. The molecule has 1 unspecified atom stereocenters. The van der Waals surface area contributed by atoms with Crippen LogP contribution in [-0.4, -0.2) is 63.5 Å². The third kappa shape index (κ3) is 3.62. The Labute approximate surface area is 147 Å². The van der Waals surface area contributed by atoms with Crippen LogP contribution in [0.1, 0.15) is 68.7 Å². The average molecular weight is 349 g/mol. The lowest BCUT2D eigenvalue weighted by Crippen LogP contribution is -2.47. The largest absolute Gasteiger partial charge is 0.461 e. The standard InChI is InChI=1S/C17H27N5O3/c1-4-25-15(23)14-13(18-20-19-14)12-6-5-9-22(12)16(24)21-10-7-17(2,3)8-11-21/h12H,4-11H2,1-3H3,(H,18,19,20). The van der Waals surface area contributed by atoms with Gasteiger partial charge in [0.25, 0.3) is 0 Å². The summed E-state index contributed by atoms with van der Waals surface area (Å²) in [6.07, 6.45) is 3.69. The van der Waals surface area contributed by atoms with Gasteiger partial charge in [0.05, 0.1) is 12.6 Å². The van der Waals surface area contributed by atoms with E-state index in [4.69, 9.17) is 4.74 Å². The third-order valence-corrected chi connectivity index (χ3v) is 5.25. The molecule has 8 nitrogen and oxygen atoms in total. The summed E-state index contributed by atoms with van der Waals surface area (Å²) >= 11 is 0. The Kier molecular flexibility index (Phi) is 4.96. The van der Waals surface area contributed by atoms with Crippen LogP contribution >= 0.6 is 0 Å². The summed E-state index contributed by atoms with van der Waals surface area (Å²) in [5.74, 6) is -0.495. The van der Waals surface area contributed by atoms with Crippen LogP contribution in [0.15, 0.2) is 0 Å². The first kappa shape index (κ1) is 17.7. The normalized spacial score (nSPS) is 22.9. The number of piperidine rings is 1. The highest BCUT2D eigenvalue weighted by molar-refractivity contribution is 5.88. The van der Waals surface area contributed by atoms with Gasteiger partial charge in [0, 0.05) is 19.6 Å². The molecule has 2 amide bonds. The molecule has 0 aliphatic carbocycles. The number of urea groups is 1. The number of likely N-dealkylation sites (tertiary alicyclic amines) is 2. The number of carbonyl (C=O) groups is 2. The van der Waals surface area contributed by atoms with Crippen molar-refractivity contribution in [3.8, 4) is 0 Å². The molecule has 1 atom stereocenters. The van der Waals surface area contributed by atoms with Crippen molar-refractivity contribution in [2.75, 3.05) is 26.2 Å². The van der Waals surface area contributed by atoms with Crippen LogP contribution < -0.4 is 0 Å².